The molecule has 1 aromatic heterocycles. The van der Waals surface area contributed by atoms with E-state index in [0.717, 1.165) is 31.9 Å². The van der Waals surface area contributed by atoms with Crippen LogP contribution < -0.4 is 4.90 Å². The fourth-order valence-electron chi connectivity index (χ4n) is 4.21. The molecule has 4 rings (SSSR count). The van der Waals surface area contributed by atoms with Gasteiger partial charge in [-0.15, -0.1) is 0 Å². The van der Waals surface area contributed by atoms with Crippen molar-refractivity contribution in [3.8, 4) is 0 Å². The molecule has 1 saturated heterocycles. The van der Waals surface area contributed by atoms with Gasteiger partial charge in [0.25, 0.3) is 0 Å². The number of alkyl halides is 3. The molecule has 7 heteroatoms. The van der Waals surface area contributed by atoms with E-state index < -0.39 is 11.9 Å². The minimum atomic E-state index is -4.44. The maximum absolute atomic E-state index is 12.9. The SMILES string of the molecule is O=C(CC1CCN(c2cccc(C(F)(F)F)n2)CC1)N1CCc2ccccc2C1. The summed E-state index contributed by atoms with van der Waals surface area (Å²) in [4.78, 5) is 20.3. The molecule has 1 aromatic carbocycles. The molecule has 0 saturated carbocycles. The lowest BCUT2D eigenvalue weighted by atomic mass is 9.92. The summed E-state index contributed by atoms with van der Waals surface area (Å²) < 4.78 is 38.7. The van der Waals surface area contributed by atoms with Gasteiger partial charge in [-0.1, -0.05) is 30.3 Å². The molecule has 1 fully saturated rings. The highest BCUT2D eigenvalue weighted by molar-refractivity contribution is 5.76. The number of pyridine rings is 1. The van der Waals surface area contributed by atoms with Crippen LogP contribution in [0.1, 0.15) is 36.1 Å². The largest absolute Gasteiger partial charge is 0.433 e. The number of hydrogen-bond donors (Lipinski definition) is 0. The van der Waals surface area contributed by atoms with Crippen LogP contribution >= 0.6 is 0 Å². The van der Waals surface area contributed by atoms with Gasteiger partial charge >= 0.3 is 6.18 Å². The van der Waals surface area contributed by atoms with Crippen LogP contribution in [0.5, 0.6) is 0 Å². The summed E-state index contributed by atoms with van der Waals surface area (Å²) in [5, 5.41) is 0. The number of rotatable bonds is 3. The minimum Gasteiger partial charge on any atom is -0.357 e. The summed E-state index contributed by atoms with van der Waals surface area (Å²) in [7, 11) is 0. The van der Waals surface area contributed by atoms with Crippen LogP contribution in [0.2, 0.25) is 0 Å². The van der Waals surface area contributed by atoms with Crippen molar-refractivity contribution in [2.75, 3.05) is 24.5 Å². The highest BCUT2D eigenvalue weighted by Crippen LogP contribution is 2.31. The number of fused-ring (bicyclic) bond motifs is 1. The first-order valence-electron chi connectivity index (χ1n) is 10.0. The zero-order valence-electron chi connectivity index (χ0n) is 16.2. The van der Waals surface area contributed by atoms with Gasteiger partial charge in [-0.2, -0.15) is 13.2 Å². The van der Waals surface area contributed by atoms with E-state index in [2.05, 4.69) is 17.1 Å². The number of amides is 1. The normalized spacial score (nSPS) is 17.9. The highest BCUT2D eigenvalue weighted by atomic mass is 19.4. The van der Waals surface area contributed by atoms with Gasteiger partial charge in [0, 0.05) is 32.6 Å². The van der Waals surface area contributed by atoms with Crippen molar-refractivity contribution in [1.82, 2.24) is 9.88 Å². The molecule has 0 aliphatic carbocycles. The van der Waals surface area contributed by atoms with E-state index >= 15 is 0 Å². The smallest absolute Gasteiger partial charge is 0.357 e. The molecule has 0 radical (unpaired) electrons. The fraction of sp³-hybridized carbons (Fsp3) is 0.455. The average molecular weight is 403 g/mol. The van der Waals surface area contributed by atoms with Crippen molar-refractivity contribution in [3.05, 3.63) is 59.3 Å². The second-order valence-electron chi connectivity index (χ2n) is 7.85. The van der Waals surface area contributed by atoms with E-state index in [1.165, 1.54) is 17.2 Å². The molecule has 2 aliphatic rings. The maximum atomic E-state index is 12.9. The Morgan fingerprint density at radius 1 is 1.00 bits per heavy atom. The molecular weight excluding hydrogens is 379 g/mol. The van der Waals surface area contributed by atoms with E-state index in [9.17, 15) is 18.0 Å². The number of anilines is 1. The average Bonchev–Trinajstić information content (AvgIpc) is 2.73. The summed E-state index contributed by atoms with van der Waals surface area (Å²) in [6.07, 6.45) is -1.47. The number of carbonyl (C=O) groups is 1. The zero-order valence-corrected chi connectivity index (χ0v) is 16.2. The second-order valence-corrected chi connectivity index (χ2v) is 7.85. The predicted octanol–water partition coefficient (Wildman–Crippen LogP) is 4.29. The highest BCUT2D eigenvalue weighted by Gasteiger charge is 2.33. The van der Waals surface area contributed by atoms with Crippen LogP contribution in [0.25, 0.3) is 0 Å². The Morgan fingerprint density at radius 2 is 1.72 bits per heavy atom. The Hall–Kier alpha value is -2.57. The number of nitrogens with zero attached hydrogens (tertiary/aromatic N) is 3. The van der Waals surface area contributed by atoms with Gasteiger partial charge in [0.15, 0.2) is 0 Å². The Kier molecular flexibility index (Phi) is 5.48. The van der Waals surface area contributed by atoms with Crippen LogP contribution in [0.4, 0.5) is 19.0 Å². The van der Waals surface area contributed by atoms with Gasteiger partial charge in [-0.3, -0.25) is 4.79 Å². The Balaban J connectivity index is 1.31. The van der Waals surface area contributed by atoms with Crippen molar-refractivity contribution in [2.45, 2.75) is 38.4 Å². The summed E-state index contributed by atoms with van der Waals surface area (Å²) in [5.41, 5.74) is 1.67. The molecule has 0 bridgehead atoms. The summed E-state index contributed by atoms with van der Waals surface area (Å²) in [6.45, 7) is 2.66. The Bertz CT molecular complexity index is 876. The third-order valence-electron chi connectivity index (χ3n) is 5.91. The molecule has 29 heavy (non-hydrogen) atoms. The van der Waals surface area contributed by atoms with Crippen molar-refractivity contribution in [2.24, 2.45) is 5.92 Å². The third kappa shape index (κ3) is 4.54. The van der Waals surface area contributed by atoms with E-state index in [1.54, 1.807) is 6.07 Å². The van der Waals surface area contributed by atoms with Crippen LogP contribution in [0.3, 0.4) is 0 Å². The van der Waals surface area contributed by atoms with E-state index in [1.807, 2.05) is 21.9 Å². The number of carbonyl (C=O) groups excluding carboxylic acids is 1. The quantitative estimate of drug-likeness (QED) is 0.767. The lowest BCUT2D eigenvalue weighted by molar-refractivity contribution is -0.141. The number of aromatic nitrogens is 1. The molecule has 0 atom stereocenters. The first-order valence-corrected chi connectivity index (χ1v) is 10.0. The number of benzene rings is 1. The molecule has 1 amide bonds. The second kappa shape index (κ2) is 8.05. The van der Waals surface area contributed by atoms with Crippen LogP contribution in [0.15, 0.2) is 42.5 Å². The predicted molar refractivity (Wildman–Crippen MR) is 104 cm³/mol. The maximum Gasteiger partial charge on any atom is 0.433 e. The molecular formula is C22H24F3N3O. The molecule has 3 heterocycles. The third-order valence-corrected chi connectivity index (χ3v) is 5.91. The van der Waals surface area contributed by atoms with E-state index in [4.69, 9.17) is 0 Å². The number of piperidine rings is 1. The molecule has 154 valence electrons. The van der Waals surface area contributed by atoms with Crippen LogP contribution in [-0.4, -0.2) is 35.4 Å². The lowest BCUT2D eigenvalue weighted by Gasteiger charge is -2.34. The first kappa shape index (κ1) is 19.7. The van der Waals surface area contributed by atoms with Crippen LogP contribution in [-0.2, 0) is 23.9 Å². The topological polar surface area (TPSA) is 36.4 Å². The van der Waals surface area contributed by atoms with Crippen molar-refractivity contribution < 1.29 is 18.0 Å². The summed E-state index contributed by atoms with van der Waals surface area (Å²) in [6, 6.07) is 12.2. The molecule has 0 N–H and O–H groups in total. The van der Waals surface area contributed by atoms with Gasteiger partial charge in [0.1, 0.15) is 11.5 Å². The first-order chi connectivity index (χ1) is 13.9. The van der Waals surface area contributed by atoms with Gasteiger partial charge in [0.05, 0.1) is 0 Å². The molecule has 0 spiro atoms. The number of hydrogen-bond acceptors (Lipinski definition) is 3. The zero-order chi connectivity index (χ0) is 20.4. The molecule has 4 nitrogen and oxygen atoms in total. The van der Waals surface area contributed by atoms with Gasteiger partial charge < -0.3 is 9.80 Å². The summed E-state index contributed by atoms with van der Waals surface area (Å²) in [5.74, 6) is 0.800. The minimum absolute atomic E-state index is 0.176. The number of halogens is 3. The Morgan fingerprint density at radius 3 is 2.45 bits per heavy atom. The molecule has 0 unspecified atom stereocenters. The van der Waals surface area contributed by atoms with Crippen molar-refractivity contribution >= 4 is 11.7 Å². The van der Waals surface area contributed by atoms with Gasteiger partial charge in [0.2, 0.25) is 5.91 Å². The van der Waals surface area contributed by atoms with Crippen molar-refractivity contribution in [3.63, 3.8) is 0 Å². The van der Waals surface area contributed by atoms with Gasteiger partial charge in [-0.05, 0) is 48.4 Å². The monoisotopic (exact) mass is 403 g/mol. The molecule has 2 aliphatic heterocycles. The van der Waals surface area contributed by atoms with Crippen molar-refractivity contribution in [1.29, 1.82) is 0 Å². The van der Waals surface area contributed by atoms with E-state index in [0.29, 0.717) is 31.9 Å². The van der Waals surface area contributed by atoms with Gasteiger partial charge in [-0.25, -0.2) is 4.98 Å². The standard InChI is InChI=1S/C22H24F3N3O/c23-22(24,25)19-6-3-7-20(26-19)27-11-8-16(9-12-27)14-21(29)28-13-10-17-4-1-2-5-18(17)15-28/h1-7,16H,8-15H2. The fourth-order valence-corrected chi connectivity index (χ4v) is 4.21. The van der Waals surface area contributed by atoms with Crippen LogP contribution in [0, 0.1) is 5.92 Å². The lowest BCUT2D eigenvalue weighted by Crippen LogP contribution is -2.39. The molecule has 2 aromatic rings. The van der Waals surface area contributed by atoms with E-state index in [-0.39, 0.29) is 11.8 Å². The summed E-state index contributed by atoms with van der Waals surface area (Å²) >= 11 is 0. The Labute approximate surface area is 168 Å².